The van der Waals surface area contributed by atoms with Gasteiger partial charge in [-0.3, -0.25) is 9.69 Å². The molecule has 2 heterocycles. The molecule has 0 spiro atoms. The minimum atomic E-state index is 0.0242. The number of carbonyl (C=O) groups is 1. The van der Waals surface area contributed by atoms with Gasteiger partial charge < -0.3 is 9.64 Å². The molecule has 24 heavy (non-hydrogen) atoms. The van der Waals surface area contributed by atoms with Crippen LogP contribution in [0, 0.1) is 0 Å². The maximum atomic E-state index is 12.6. The Labute approximate surface area is 149 Å². The summed E-state index contributed by atoms with van der Waals surface area (Å²) in [5.41, 5.74) is 1.13. The van der Waals surface area contributed by atoms with E-state index in [1.54, 1.807) is 0 Å². The Kier molecular flexibility index (Phi) is 6.52. The van der Waals surface area contributed by atoms with E-state index in [1.807, 2.05) is 24.3 Å². The summed E-state index contributed by atoms with van der Waals surface area (Å²) in [5, 5.41) is 0.735. The number of amides is 1. The first-order valence-corrected chi connectivity index (χ1v) is 9.47. The molecule has 0 N–H and O–H groups in total. The molecular formula is C19H27ClN2O2. The number of carbonyl (C=O) groups excluding carboxylic acids is 1. The van der Waals surface area contributed by atoms with Crippen molar-refractivity contribution in [2.45, 2.75) is 38.2 Å². The van der Waals surface area contributed by atoms with E-state index >= 15 is 0 Å². The zero-order valence-electron chi connectivity index (χ0n) is 14.3. The Hall–Kier alpha value is -1.10. The number of ether oxygens (including phenoxy) is 1. The van der Waals surface area contributed by atoms with Gasteiger partial charge in [-0.15, -0.1) is 0 Å². The van der Waals surface area contributed by atoms with Crippen LogP contribution >= 0.6 is 11.6 Å². The Morgan fingerprint density at radius 3 is 2.42 bits per heavy atom. The topological polar surface area (TPSA) is 32.8 Å². The van der Waals surface area contributed by atoms with E-state index in [0.29, 0.717) is 13.2 Å². The van der Waals surface area contributed by atoms with Crippen molar-refractivity contribution in [1.29, 1.82) is 0 Å². The lowest BCUT2D eigenvalue weighted by Gasteiger charge is -2.34. The highest BCUT2D eigenvalue weighted by atomic mass is 35.5. The molecule has 132 valence electrons. The van der Waals surface area contributed by atoms with Crippen LogP contribution in [0.15, 0.2) is 24.3 Å². The van der Waals surface area contributed by atoms with Crippen molar-refractivity contribution in [3.63, 3.8) is 0 Å². The maximum Gasteiger partial charge on any atom is 0.236 e. The van der Waals surface area contributed by atoms with E-state index in [1.165, 1.54) is 19.3 Å². The summed E-state index contributed by atoms with van der Waals surface area (Å²) in [7, 11) is 0. The number of hydrogen-bond donors (Lipinski definition) is 0. The largest absolute Gasteiger partial charge is 0.371 e. The highest BCUT2D eigenvalue weighted by Gasteiger charge is 2.25. The van der Waals surface area contributed by atoms with Crippen LogP contribution in [0.1, 0.15) is 43.8 Å². The van der Waals surface area contributed by atoms with Gasteiger partial charge in [-0.2, -0.15) is 0 Å². The average Bonchev–Trinajstić information content (AvgIpc) is 2.55. The lowest BCUT2D eigenvalue weighted by Crippen LogP contribution is -2.46. The molecule has 0 bridgehead atoms. The second-order valence-electron chi connectivity index (χ2n) is 6.79. The molecule has 1 atom stereocenters. The van der Waals surface area contributed by atoms with E-state index in [4.69, 9.17) is 16.3 Å². The van der Waals surface area contributed by atoms with Gasteiger partial charge in [0.05, 0.1) is 19.3 Å². The maximum absolute atomic E-state index is 12.6. The summed E-state index contributed by atoms with van der Waals surface area (Å²) >= 11 is 5.96. The fraction of sp³-hybridized carbons (Fsp3) is 0.632. The summed E-state index contributed by atoms with van der Waals surface area (Å²) < 4.78 is 5.89. The minimum absolute atomic E-state index is 0.0242. The average molecular weight is 351 g/mol. The van der Waals surface area contributed by atoms with Crippen LogP contribution in [0.5, 0.6) is 0 Å². The highest BCUT2D eigenvalue weighted by Crippen LogP contribution is 2.23. The highest BCUT2D eigenvalue weighted by molar-refractivity contribution is 6.30. The van der Waals surface area contributed by atoms with Gasteiger partial charge in [0.25, 0.3) is 0 Å². The van der Waals surface area contributed by atoms with Crippen molar-refractivity contribution >= 4 is 17.5 Å². The van der Waals surface area contributed by atoms with Crippen molar-refractivity contribution in [1.82, 2.24) is 9.80 Å². The number of nitrogens with zero attached hydrogens (tertiary/aromatic N) is 2. The second kappa shape index (κ2) is 8.84. The number of hydrogen-bond acceptors (Lipinski definition) is 3. The third-order valence-corrected chi connectivity index (χ3v) is 5.21. The van der Waals surface area contributed by atoms with Crippen LogP contribution in [0.4, 0.5) is 0 Å². The van der Waals surface area contributed by atoms with Crippen LogP contribution in [0.3, 0.4) is 0 Å². The Morgan fingerprint density at radius 1 is 1.04 bits per heavy atom. The lowest BCUT2D eigenvalue weighted by molar-refractivity contribution is -0.134. The van der Waals surface area contributed by atoms with Crippen molar-refractivity contribution in [3.8, 4) is 0 Å². The van der Waals surface area contributed by atoms with E-state index in [0.717, 1.165) is 49.6 Å². The number of rotatable bonds is 3. The minimum Gasteiger partial charge on any atom is -0.371 e. The zero-order chi connectivity index (χ0) is 16.8. The molecule has 2 fully saturated rings. The Balaban J connectivity index is 1.54. The molecule has 1 unspecified atom stereocenters. The van der Waals surface area contributed by atoms with Crippen molar-refractivity contribution in [2.24, 2.45) is 0 Å². The fourth-order valence-corrected chi connectivity index (χ4v) is 3.64. The summed E-state index contributed by atoms with van der Waals surface area (Å²) in [6, 6.07) is 7.81. The Morgan fingerprint density at radius 2 is 1.71 bits per heavy atom. The first kappa shape index (κ1) is 17.7. The van der Waals surface area contributed by atoms with Gasteiger partial charge >= 0.3 is 0 Å². The molecular weight excluding hydrogens is 324 g/mol. The molecule has 1 aromatic carbocycles. The lowest BCUT2D eigenvalue weighted by atomic mass is 10.1. The van der Waals surface area contributed by atoms with Gasteiger partial charge in [0.1, 0.15) is 0 Å². The Bertz CT molecular complexity index is 527. The van der Waals surface area contributed by atoms with Crippen molar-refractivity contribution < 1.29 is 9.53 Å². The molecule has 4 nitrogen and oxygen atoms in total. The summed E-state index contributed by atoms with van der Waals surface area (Å²) in [6.45, 7) is 4.60. The van der Waals surface area contributed by atoms with Crippen LogP contribution < -0.4 is 0 Å². The van der Waals surface area contributed by atoms with Crippen LogP contribution in [0.2, 0.25) is 5.02 Å². The van der Waals surface area contributed by atoms with Crippen LogP contribution in [-0.2, 0) is 9.53 Å². The van der Waals surface area contributed by atoms with Gasteiger partial charge in [0, 0.05) is 31.2 Å². The molecule has 2 aliphatic rings. The molecule has 5 heteroatoms. The molecule has 2 saturated heterocycles. The van der Waals surface area contributed by atoms with Gasteiger partial charge in [0.15, 0.2) is 0 Å². The smallest absolute Gasteiger partial charge is 0.236 e. The summed E-state index contributed by atoms with van der Waals surface area (Å²) in [6.07, 6.45) is 6.12. The second-order valence-corrected chi connectivity index (χ2v) is 7.23. The van der Waals surface area contributed by atoms with Gasteiger partial charge in [-0.05, 0) is 30.5 Å². The number of likely N-dealkylation sites (tertiary alicyclic amines) is 1. The van der Waals surface area contributed by atoms with Crippen molar-refractivity contribution in [3.05, 3.63) is 34.9 Å². The molecule has 0 radical (unpaired) electrons. The van der Waals surface area contributed by atoms with Gasteiger partial charge in [-0.25, -0.2) is 0 Å². The predicted molar refractivity (Wildman–Crippen MR) is 96.3 cm³/mol. The normalized spacial score (nSPS) is 23.5. The van der Waals surface area contributed by atoms with Crippen LogP contribution in [-0.4, -0.2) is 55.0 Å². The number of halogens is 1. The summed E-state index contributed by atoms with van der Waals surface area (Å²) in [5.74, 6) is 0.272. The third kappa shape index (κ3) is 4.95. The predicted octanol–water partition coefficient (Wildman–Crippen LogP) is 3.51. The van der Waals surface area contributed by atoms with E-state index in [-0.39, 0.29) is 12.0 Å². The molecule has 0 aromatic heterocycles. The molecule has 1 aromatic rings. The first-order chi connectivity index (χ1) is 11.7. The third-order valence-electron chi connectivity index (χ3n) is 4.96. The van der Waals surface area contributed by atoms with Gasteiger partial charge in [0.2, 0.25) is 5.91 Å². The van der Waals surface area contributed by atoms with Crippen LogP contribution in [0.25, 0.3) is 0 Å². The van der Waals surface area contributed by atoms with E-state index in [2.05, 4.69) is 9.80 Å². The standard InChI is InChI=1S/C19H27ClN2O2/c20-17-8-6-16(7-9-17)18-14-21(12-13-24-18)15-19(23)22-10-4-2-1-3-5-11-22/h6-9,18H,1-5,10-15H2. The molecule has 0 aliphatic carbocycles. The molecule has 2 aliphatic heterocycles. The van der Waals surface area contributed by atoms with E-state index < -0.39 is 0 Å². The SMILES string of the molecule is O=C(CN1CCOC(c2ccc(Cl)cc2)C1)N1CCCCCCC1. The zero-order valence-corrected chi connectivity index (χ0v) is 15.0. The molecule has 3 rings (SSSR count). The first-order valence-electron chi connectivity index (χ1n) is 9.09. The number of morpholine rings is 1. The molecule has 1 amide bonds. The number of benzene rings is 1. The molecule has 0 saturated carbocycles. The summed E-state index contributed by atoms with van der Waals surface area (Å²) in [4.78, 5) is 16.9. The van der Waals surface area contributed by atoms with Crippen molar-refractivity contribution in [2.75, 3.05) is 39.3 Å². The fourth-order valence-electron chi connectivity index (χ4n) is 3.51. The quantitative estimate of drug-likeness (QED) is 0.836. The van der Waals surface area contributed by atoms with Gasteiger partial charge in [-0.1, -0.05) is 43.0 Å². The van der Waals surface area contributed by atoms with E-state index in [9.17, 15) is 4.79 Å². The monoisotopic (exact) mass is 350 g/mol.